The van der Waals surface area contributed by atoms with Crippen molar-refractivity contribution in [2.45, 2.75) is 71.1 Å². The molecule has 0 atom stereocenters. The maximum Gasteiger partial charge on any atom is 0.222 e. The third-order valence-corrected chi connectivity index (χ3v) is 6.65. The van der Waals surface area contributed by atoms with Crippen LogP contribution in [0.1, 0.15) is 81.5 Å². The Labute approximate surface area is 210 Å². The lowest BCUT2D eigenvalue weighted by Gasteiger charge is -2.36. The Morgan fingerprint density at radius 3 is 1.80 bits per heavy atom. The number of hydrogen-bond acceptors (Lipinski definition) is 5. The fraction of sp³-hybridized carbons (Fsp3) is 0.517. The van der Waals surface area contributed by atoms with Crippen LogP contribution >= 0.6 is 0 Å². The van der Waals surface area contributed by atoms with Gasteiger partial charge in [0.1, 0.15) is 6.29 Å². The number of hydrogen-bond donors (Lipinski definition) is 0. The van der Waals surface area contributed by atoms with Crippen LogP contribution in [0.25, 0.3) is 0 Å². The number of nitrogens with zero attached hydrogens (tertiary/aromatic N) is 4. The van der Waals surface area contributed by atoms with Crippen molar-refractivity contribution >= 4 is 29.3 Å². The molecule has 35 heavy (non-hydrogen) atoms. The molecule has 1 saturated heterocycles. The van der Waals surface area contributed by atoms with E-state index in [1.165, 1.54) is 51.4 Å². The van der Waals surface area contributed by atoms with Gasteiger partial charge in [-0.05, 0) is 55.0 Å². The number of rotatable bonds is 14. The minimum Gasteiger partial charge on any atom is -0.368 e. The lowest BCUT2D eigenvalue weighted by Crippen LogP contribution is -2.48. The Morgan fingerprint density at radius 1 is 0.743 bits per heavy atom. The average Bonchev–Trinajstić information content (AvgIpc) is 2.91. The van der Waals surface area contributed by atoms with Crippen molar-refractivity contribution in [3.63, 3.8) is 0 Å². The molecule has 188 valence electrons. The highest BCUT2D eigenvalue weighted by Crippen LogP contribution is 2.23. The molecule has 3 rings (SSSR count). The lowest BCUT2D eigenvalue weighted by molar-refractivity contribution is -0.131. The van der Waals surface area contributed by atoms with E-state index in [1.54, 1.807) is 24.3 Å². The number of benzene rings is 2. The summed E-state index contributed by atoms with van der Waals surface area (Å²) in [5.41, 5.74) is 3.26. The summed E-state index contributed by atoms with van der Waals surface area (Å²) in [4.78, 5) is 27.7. The van der Waals surface area contributed by atoms with Crippen molar-refractivity contribution in [1.82, 2.24) is 4.90 Å². The standard InChI is InChI=1S/C29H40N4O2/c1-2-3-4-5-6-7-8-9-10-11-29(35)33-22-20-32(21-23-33)28-18-16-27(17-19-28)31-30-26-14-12-25(24-34)13-15-26/h12-19,24H,2-11,20-23H2,1H3. The molecule has 0 unspecified atom stereocenters. The third kappa shape index (κ3) is 9.27. The first-order valence-electron chi connectivity index (χ1n) is 13.3. The minimum atomic E-state index is 0.310. The van der Waals surface area contributed by atoms with Crippen molar-refractivity contribution in [1.29, 1.82) is 0 Å². The molecule has 1 aliphatic rings. The monoisotopic (exact) mass is 476 g/mol. The number of aldehydes is 1. The quantitative estimate of drug-likeness (QED) is 0.161. The first-order valence-corrected chi connectivity index (χ1v) is 13.3. The smallest absolute Gasteiger partial charge is 0.222 e. The minimum absolute atomic E-state index is 0.310. The van der Waals surface area contributed by atoms with Gasteiger partial charge in [0.25, 0.3) is 0 Å². The molecule has 0 radical (unpaired) electrons. The van der Waals surface area contributed by atoms with Gasteiger partial charge in [0, 0.05) is 43.9 Å². The Hall–Kier alpha value is -3.02. The zero-order valence-corrected chi connectivity index (χ0v) is 21.2. The Kier molecular flexibility index (Phi) is 11.4. The van der Waals surface area contributed by atoms with Crippen LogP contribution < -0.4 is 4.90 Å². The highest BCUT2D eigenvalue weighted by atomic mass is 16.2. The molecule has 0 spiro atoms. The molecule has 0 aliphatic carbocycles. The van der Waals surface area contributed by atoms with Crippen LogP contribution in [0.15, 0.2) is 58.8 Å². The van der Waals surface area contributed by atoms with Gasteiger partial charge in [0.05, 0.1) is 11.4 Å². The molecule has 2 aromatic rings. The van der Waals surface area contributed by atoms with Crippen LogP contribution in [0.4, 0.5) is 17.1 Å². The first kappa shape index (κ1) is 26.6. The molecule has 1 aliphatic heterocycles. The normalized spacial score (nSPS) is 14.0. The van der Waals surface area contributed by atoms with Gasteiger partial charge in [-0.15, -0.1) is 0 Å². The molecule has 2 aromatic carbocycles. The SMILES string of the molecule is CCCCCCCCCCCC(=O)N1CCN(c2ccc(N=Nc3ccc(C=O)cc3)cc2)CC1. The largest absolute Gasteiger partial charge is 0.368 e. The van der Waals surface area contributed by atoms with Crippen LogP contribution in [0, 0.1) is 0 Å². The summed E-state index contributed by atoms with van der Waals surface area (Å²) >= 11 is 0. The van der Waals surface area contributed by atoms with Crippen molar-refractivity contribution in [2.24, 2.45) is 10.2 Å². The molecular formula is C29H40N4O2. The highest BCUT2D eigenvalue weighted by molar-refractivity contribution is 5.76. The average molecular weight is 477 g/mol. The molecule has 6 heteroatoms. The fourth-order valence-electron chi connectivity index (χ4n) is 4.42. The Balaban J connectivity index is 1.33. The summed E-state index contributed by atoms with van der Waals surface area (Å²) in [5.74, 6) is 0.310. The molecular weight excluding hydrogens is 436 g/mol. The van der Waals surface area contributed by atoms with E-state index in [-0.39, 0.29) is 0 Å². The predicted octanol–water partition coefficient (Wildman–Crippen LogP) is 7.48. The molecule has 1 amide bonds. The van der Waals surface area contributed by atoms with E-state index >= 15 is 0 Å². The Bertz CT molecular complexity index is 917. The van der Waals surface area contributed by atoms with Crippen molar-refractivity contribution in [3.05, 3.63) is 54.1 Å². The number of anilines is 1. The molecule has 0 aromatic heterocycles. The van der Waals surface area contributed by atoms with Gasteiger partial charge in [-0.3, -0.25) is 9.59 Å². The predicted molar refractivity (Wildman–Crippen MR) is 143 cm³/mol. The van der Waals surface area contributed by atoms with E-state index in [0.717, 1.165) is 50.3 Å². The van der Waals surface area contributed by atoms with Crippen LogP contribution in [0.5, 0.6) is 0 Å². The number of carbonyl (C=O) groups is 2. The second-order valence-corrected chi connectivity index (χ2v) is 9.37. The Morgan fingerprint density at radius 2 is 1.26 bits per heavy atom. The van der Waals surface area contributed by atoms with E-state index in [4.69, 9.17) is 0 Å². The molecule has 0 bridgehead atoms. The molecule has 0 N–H and O–H groups in total. The number of unbranched alkanes of at least 4 members (excludes halogenated alkanes) is 8. The van der Waals surface area contributed by atoms with Gasteiger partial charge in [-0.2, -0.15) is 10.2 Å². The topological polar surface area (TPSA) is 65.3 Å². The van der Waals surface area contributed by atoms with Gasteiger partial charge in [-0.25, -0.2) is 0 Å². The zero-order valence-electron chi connectivity index (χ0n) is 21.2. The molecule has 6 nitrogen and oxygen atoms in total. The van der Waals surface area contributed by atoms with E-state index in [1.807, 2.05) is 17.0 Å². The maximum atomic E-state index is 12.6. The number of amides is 1. The van der Waals surface area contributed by atoms with Crippen molar-refractivity contribution in [2.75, 3.05) is 31.1 Å². The molecule has 0 saturated carbocycles. The van der Waals surface area contributed by atoms with Crippen LogP contribution in [0.3, 0.4) is 0 Å². The van der Waals surface area contributed by atoms with Gasteiger partial charge < -0.3 is 9.80 Å². The summed E-state index contributed by atoms with van der Waals surface area (Å²) in [7, 11) is 0. The van der Waals surface area contributed by atoms with Crippen molar-refractivity contribution in [3.8, 4) is 0 Å². The maximum absolute atomic E-state index is 12.6. The second-order valence-electron chi connectivity index (χ2n) is 9.37. The van der Waals surface area contributed by atoms with Gasteiger partial charge >= 0.3 is 0 Å². The summed E-state index contributed by atoms with van der Waals surface area (Å²) in [6.45, 7) is 5.54. The van der Waals surface area contributed by atoms with E-state index < -0.39 is 0 Å². The number of azo groups is 1. The lowest BCUT2D eigenvalue weighted by atomic mass is 10.1. The van der Waals surface area contributed by atoms with E-state index in [9.17, 15) is 9.59 Å². The van der Waals surface area contributed by atoms with E-state index in [0.29, 0.717) is 23.6 Å². The van der Waals surface area contributed by atoms with E-state index in [2.05, 4.69) is 34.2 Å². The second kappa shape index (κ2) is 15.1. The highest BCUT2D eigenvalue weighted by Gasteiger charge is 2.20. The fourth-order valence-corrected chi connectivity index (χ4v) is 4.42. The summed E-state index contributed by atoms with van der Waals surface area (Å²) in [6.07, 6.45) is 13.0. The summed E-state index contributed by atoms with van der Waals surface area (Å²) in [5, 5.41) is 8.51. The van der Waals surface area contributed by atoms with Crippen LogP contribution in [0.2, 0.25) is 0 Å². The molecule has 1 heterocycles. The van der Waals surface area contributed by atoms with Crippen LogP contribution in [-0.4, -0.2) is 43.3 Å². The number of piperazine rings is 1. The number of carbonyl (C=O) groups excluding carboxylic acids is 2. The molecule has 1 fully saturated rings. The summed E-state index contributed by atoms with van der Waals surface area (Å²) < 4.78 is 0. The zero-order chi connectivity index (χ0) is 24.7. The van der Waals surface area contributed by atoms with Gasteiger partial charge in [0.15, 0.2) is 0 Å². The van der Waals surface area contributed by atoms with Crippen molar-refractivity contribution < 1.29 is 9.59 Å². The van der Waals surface area contributed by atoms with Gasteiger partial charge in [-0.1, -0.05) is 58.3 Å². The third-order valence-electron chi connectivity index (χ3n) is 6.65. The summed E-state index contributed by atoms with van der Waals surface area (Å²) in [6, 6.07) is 15.0. The first-order chi connectivity index (χ1) is 17.2. The van der Waals surface area contributed by atoms with Gasteiger partial charge in [0.2, 0.25) is 5.91 Å². The van der Waals surface area contributed by atoms with Crippen LogP contribution in [-0.2, 0) is 4.79 Å².